The van der Waals surface area contributed by atoms with Crippen molar-refractivity contribution < 1.29 is 0 Å². The van der Waals surface area contributed by atoms with Gasteiger partial charge in [0.25, 0.3) is 0 Å². The highest BCUT2D eigenvalue weighted by atomic mass is 15.1. The van der Waals surface area contributed by atoms with E-state index in [2.05, 4.69) is 24.8 Å². The van der Waals surface area contributed by atoms with Gasteiger partial charge in [0.1, 0.15) is 0 Å². The Hall–Kier alpha value is -0.550. The van der Waals surface area contributed by atoms with E-state index >= 15 is 0 Å². The number of likely N-dealkylation sites (tertiary alicyclic amines) is 1. The lowest BCUT2D eigenvalue weighted by Gasteiger charge is -2.40. The molecule has 86 valence electrons. The van der Waals surface area contributed by atoms with Crippen LogP contribution in [0.3, 0.4) is 0 Å². The second-order valence-electron chi connectivity index (χ2n) is 5.16. The molecule has 1 aliphatic heterocycles. The molecule has 0 spiro atoms. The molecule has 1 fully saturated rings. The third kappa shape index (κ3) is 4.22. The minimum Gasteiger partial charge on any atom is -0.303 e. The number of piperidine rings is 1. The zero-order valence-corrected chi connectivity index (χ0v) is 10.3. The van der Waals surface area contributed by atoms with Gasteiger partial charge in [0.2, 0.25) is 0 Å². The summed E-state index contributed by atoms with van der Waals surface area (Å²) in [4.78, 5) is 2.59. The van der Waals surface area contributed by atoms with E-state index in [0.29, 0.717) is 5.41 Å². The van der Waals surface area contributed by atoms with Crippen molar-refractivity contribution in [2.75, 3.05) is 19.6 Å². The predicted octanol–water partition coefficient (Wildman–Crippen LogP) is 3.19. The summed E-state index contributed by atoms with van der Waals surface area (Å²) in [5.74, 6) is 0. The van der Waals surface area contributed by atoms with E-state index in [4.69, 9.17) is 5.26 Å². The van der Waals surface area contributed by atoms with Crippen molar-refractivity contribution in [1.29, 1.82) is 5.26 Å². The fourth-order valence-corrected chi connectivity index (χ4v) is 2.45. The van der Waals surface area contributed by atoms with Gasteiger partial charge in [-0.05, 0) is 50.6 Å². The molecule has 1 aliphatic rings. The van der Waals surface area contributed by atoms with E-state index in [1.165, 1.54) is 45.3 Å². The third-order valence-corrected chi connectivity index (χ3v) is 3.73. The highest BCUT2D eigenvalue weighted by molar-refractivity contribution is 4.82. The van der Waals surface area contributed by atoms with Crippen LogP contribution in [0.2, 0.25) is 0 Å². The standard InChI is InChI=1S/C13H24N2/c1-3-13(2)8-7-11-15(12-13)10-6-4-5-9-14/h3-8,10-12H2,1-2H3/t13-/m1/s1. The zero-order valence-electron chi connectivity index (χ0n) is 10.3. The monoisotopic (exact) mass is 208 g/mol. The number of nitrogens with zero attached hydrogens (tertiary/aromatic N) is 2. The van der Waals surface area contributed by atoms with Crippen LogP contribution in [0.5, 0.6) is 0 Å². The maximum Gasteiger partial charge on any atom is 0.0621 e. The number of rotatable bonds is 5. The van der Waals surface area contributed by atoms with Crippen molar-refractivity contribution in [3.63, 3.8) is 0 Å². The van der Waals surface area contributed by atoms with Crippen molar-refractivity contribution in [1.82, 2.24) is 4.90 Å². The SMILES string of the molecule is CC[C@]1(C)CCCN(CCCCC#N)C1. The highest BCUT2D eigenvalue weighted by Gasteiger charge is 2.28. The van der Waals surface area contributed by atoms with Gasteiger partial charge in [-0.25, -0.2) is 0 Å². The minimum absolute atomic E-state index is 0.549. The Kier molecular flexibility index (Phi) is 5.11. The highest BCUT2D eigenvalue weighted by Crippen LogP contribution is 2.32. The molecule has 15 heavy (non-hydrogen) atoms. The molecule has 0 radical (unpaired) electrons. The summed E-state index contributed by atoms with van der Waals surface area (Å²) in [7, 11) is 0. The summed E-state index contributed by atoms with van der Waals surface area (Å²) in [5, 5.41) is 8.46. The minimum atomic E-state index is 0.549. The molecular formula is C13H24N2. The predicted molar refractivity (Wildman–Crippen MR) is 63.5 cm³/mol. The molecule has 1 atom stereocenters. The fraction of sp³-hybridized carbons (Fsp3) is 0.923. The van der Waals surface area contributed by atoms with Gasteiger partial charge in [-0.3, -0.25) is 0 Å². The molecule has 0 N–H and O–H groups in total. The second-order valence-corrected chi connectivity index (χ2v) is 5.16. The van der Waals surface area contributed by atoms with Crippen molar-refractivity contribution in [2.45, 2.75) is 52.4 Å². The normalized spacial score (nSPS) is 27.5. The topological polar surface area (TPSA) is 27.0 Å². The Morgan fingerprint density at radius 2 is 2.20 bits per heavy atom. The van der Waals surface area contributed by atoms with Crippen LogP contribution in [0.1, 0.15) is 52.4 Å². The second kappa shape index (κ2) is 6.12. The summed E-state index contributed by atoms with van der Waals surface area (Å²) in [6.07, 6.45) is 7.00. The number of unbranched alkanes of at least 4 members (excludes halogenated alkanes) is 2. The van der Waals surface area contributed by atoms with E-state index in [-0.39, 0.29) is 0 Å². The molecule has 1 heterocycles. The molecular weight excluding hydrogens is 184 g/mol. The lowest BCUT2D eigenvalue weighted by atomic mass is 9.79. The molecule has 1 rings (SSSR count). The first kappa shape index (κ1) is 12.5. The average Bonchev–Trinajstić information content (AvgIpc) is 2.25. The van der Waals surface area contributed by atoms with E-state index in [0.717, 1.165) is 12.8 Å². The average molecular weight is 208 g/mol. The van der Waals surface area contributed by atoms with Crippen LogP contribution in [0.15, 0.2) is 0 Å². The van der Waals surface area contributed by atoms with Gasteiger partial charge in [-0.15, -0.1) is 0 Å². The molecule has 2 heteroatoms. The summed E-state index contributed by atoms with van der Waals surface area (Å²) < 4.78 is 0. The Bertz CT molecular complexity index is 219. The molecule has 0 unspecified atom stereocenters. The van der Waals surface area contributed by atoms with Gasteiger partial charge < -0.3 is 4.90 Å². The molecule has 2 nitrogen and oxygen atoms in total. The van der Waals surface area contributed by atoms with E-state index in [1.54, 1.807) is 0 Å². The summed E-state index contributed by atoms with van der Waals surface area (Å²) >= 11 is 0. The van der Waals surface area contributed by atoms with Crippen LogP contribution in [0.4, 0.5) is 0 Å². The molecule has 0 aromatic rings. The van der Waals surface area contributed by atoms with Crippen LogP contribution >= 0.6 is 0 Å². The zero-order chi connectivity index (χ0) is 11.1. The van der Waals surface area contributed by atoms with Crippen LogP contribution in [0.25, 0.3) is 0 Å². The van der Waals surface area contributed by atoms with Crippen molar-refractivity contribution in [2.24, 2.45) is 5.41 Å². The quantitative estimate of drug-likeness (QED) is 0.649. The van der Waals surface area contributed by atoms with Crippen LogP contribution in [0, 0.1) is 16.7 Å². The van der Waals surface area contributed by atoms with Gasteiger partial charge >= 0.3 is 0 Å². The van der Waals surface area contributed by atoms with Gasteiger partial charge in [-0.2, -0.15) is 5.26 Å². The Balaban J connectivity index is 2.22. The van der Waals surface area contributed by atoms with E-state index in [9.17, 15) is 0 Å². The number of hydrogen-bond acceptors (Lipinski definition) is 2. The largest absolute Gasteiger partial charge is 0.303 e. The molecule has 1 saturated heterocycles. The molecule has 0 amide bonds. The van der Waals surface area contributed by atoms with Gasteiger partial charge in [0.15, 0.2) is 0 Å². The molecule has 0 aromatic carbocycles. The Labute approximate surface area is 94.3 Å². The van der Waals surface area contributed by atoms with Crippen LogP contribution in [-0.4, -0.2) is 24.5 Å². The smallest absolute Gasteiger partial charge is 0.0621 e. The van der Waals surface area contributed by atoms with Crippen LogP contribution < -0.4 is 0 Å². The number of nitriles is 1. The molecule has 0 saturated carbocycles. The maximum atomic E-state index is 8.46. The first-order valence-corrected chi connectivity index (χ1v) is 6.29. The first-order valence-electron chi connectivity index (χ1n) is 6.29. The molecule has 0 aliphatic carbocycles. The molecule has 0 aromatic heterocycles. The van der Waals surface area contributed by atoms with Gasteiger partial charge in [0, 0.05) is 13.0 Å². The van der Waals surface area contributed by atoms with Crippen molar-refractivity contribution in [3.8, 4) is 6.07 Å². The lowest BCUT2D eigenvalue weighted by molar-refractivity contribution is 0.0980. The summed E-state index contributed by atoms with van der Waals surface area (Å²) in [6.45, 7) is 8.43. The lowest BCUT2D eigenvalue weighted by Crippen LogP contribution is -2.41. The third-order valence-electron chi connectivity index (χ3n) is 3.73. The fourth-order valence-electron chi connectivity index (χ4n) is 2.45. The maximum absolute atomic E-state index is 8.46. The summed E-state index contributed by atoms with van der Waals surface area (Å²) in [5.41, 5.74) is 0.549. The molecule has 0 bridgehead atoms. The van der Waals surface area contributed by atoms with Crippen LogP contribution in [-0.2, 0) is 0 Å². The van der Waals surface area contributed by atoms with Crippen molar-refractivity contribution >= 4 is 0 Å². The Morgan fingerprint density at radius 1 is 1.40 bits per heavy atom. The van der Waals surface area contributed by atoms with Gasteiger partial charge in [0.05, 0.1) is 6.07 Å². The summed E-state index contributed by atoms with van der Waals surface area (Å²) in [6, 6.07) is 2.21. The number of hydrogen-bond donors (Lipinski definition) is 0. The van der Waals surface area contributed by atoms with E-state index < -0.39 is 0 Å². The first-order chi connectivity index (χ1) is 7.20. The van der Waals surface area contributed by atoms with E-state index in [1.807, 2.05) is 0 Å². The Morgan fingerprint density at radius 3 is 2.87 bits per heavy atom. The van der Waals surface area contributed by atoms with Crippen molar-refractivity contribution in [3.05, 3.63) is 0 Å². The van der Waals surface area contributed by atoms with Gasteiger partial charge in [-0.1, -0.05) is 13.8 Å².